The molecule has 2 bridgehead atoms. The summed E-state index contributed by atoms with van der Waals surface area (Å²) < 4.78 is 5.87. The summed E-state index contributed by atoms with van der Waals surface area (Å²) in [5.74, 6) is 1.83. The van der Waals surface area contributed by atoms with E-state index in [-0.39, 0.29) is 0 Å². The molecule has 0 amide bonds. The van der Waals surface area contributed by atoms with Crippen molar-refractivity contribution in [2.24, 2.45) is 4.99 Å². The molecule has 6 heteroatoms. The summed E-state index contributed by atoms with van der Waals surface area (Å²) >= 11 is 0. The third-order valence-electron chi connectivity index (χ3n) is 4.52. The molecule has 0 aliphatic carbocycles. The Labute approximate surface area is 138 Å². The average Bonchev–Trinajstić information content (AvgIpc) is 3.20. The standard InChI is InChI=1S/C17H27N5O/c1-18-17(22-14-12-13-7-8-15(14)23-13)21-11-5-4-10-20-16-6-2-3-9-19-16/h2-3,6,9,13-15H,4-5,7-8,10-12H2,1H3,(H,19,20)(H2,18,21,22). The van der Waals surface area contributed by atoms with Crippen LogP contribution in [0.3, 0.4) is 0 Å². The summed E-state index contributed by atoms with van der Waals surface area (Å²) in [5.41, 5.74) is 0. The van der Waals surface area contributed by atoms with Gasteiger partial charge in [0.1, 0.15) is 5.82 Å². The number of hydrogen-bond donors (Lipinski definition) is 3. The Bertz CT molecular complexity index is 507. The predicted molar refractivity (Wildman–Crippen MR) is 92.8 cm³/mol. The van der Waals surface area contributed by atoms with Crippen molar-refractivity contribution < 1.29 is 4.74 Å². The normalized spacial score (nSPS) is 26.3. The van der Waals surface area contributed by atoms with Crippen molar-refractivity contribution in [3.05, 3.63) is 24.4 Å². The Morgan fingerprint density at radius 3 is 2.91 bits per heavy atom. The second-order valence-corrected chi connectivity index (χ2v) is 6.21. The maximum atomic E-state index is 5.87. The molecule has 3 N–H and O–H groups in total. The Hall–Kier alpha value is -1.82. The third-order valence-corrected chi connectivity index (χ3v) is 4.52. The lowest BCUT2D eigenvalue weighted by Gasteiger charge is -2.22. The second-order valence-electron chi connectivity index (χ2n) is 6.21. The zero-order valence-corrected chi connectivity index (χ0v) is 13.8. The van der Waals surface area contributed by atoms with Gasteiger partial charge in [0.2, 0.25) is 0 Å². The van der Waals surface area contributed by atoms with Gasteiger partial charge in [-0.15, -0.1) is 0 Å². The number of nitrogens with zero attached hydrogens (tertiary/aromatic N) is 2. The number of fused-ring (bicyclic) bond motifs is 2. The van der Waals surface area contributed by atoms with E-state index in [0.717, 1.165) is 44.1 Å². The average molecular weight is 317 g/mol. The van der Waals surface area contributed by atoms with Gasteiger partial charge in [0.15, 0.2) is 5.96 Å². The molecule has 2 saturated heterocycles. The van der Waals surface area contributed by atoms with E-state index in [0.29, 0.717) is 18.2 Å². The number of aromatic nitrogens is 1. The van der Waals surface area contributed by atoms with Crippen molar-refractivity contribution in [2.45, 2.75) is 50.4 Å². The molecular weight excluding hydrogens is 290 g/mol. The Balaban J connectivity index is 1.27. The lowest BCUT2D eigenvalue weighted by Crippen LogP contribution is -2.47. The highest BCUT2D eigenvalue weighted by Gasteiger charge is 2.40. The zero-order chi connectivity index (χ0) is 15.9. The number of anilines is 1. The van der Waals surface area contributed by atoms with E-state index in [1.165, 1.54) is 12.8 Å². The molecule has 2 aliphatic rings. The van der Waals surface area contributed by atoms with Gasteiger partial charge in [-0.25, -0.2) is 4.98 Å². The Kier molecular flexibility index (Phi) is 5.69. The topological polar surface area (TPSA) is 70.6 Å². The molecule has 2 aliphatic heterocycles. The number of hydrogen-bond acceptors (Lipinski definition) is 4. The number of guanidine groups is 1. The molecule has 3 rings (SSSR count). The largest absolute Gasteiger partial charge is 0.373 e. The lowest BCUT2D eigenvalue weighted by atomic mass is 9.96. The minimum atomic E-state index is 0.376. The summed E-state index contributed by atoms with van der Waals surface area (Å²) in [6.45, 7) is 1.86. The summed E-state index contributed by atoms with van der Waals surface area (Å²) in [7, 11) is 1.83. The molecule has 126 valence electrons. The van der Waals surface area contributed by atoms with Crippen molar-refractivity contribution in [3.63, 3.8) is 0 Å². The van der Waals surface area contributed by atoms with Gasteiger partial charge in [-0.05, 0) is 44.2 Å². The number of pyridine rings is 1. The number of ether oxygens (including phenoxy) is 1. The first-order chi connectivity index (χ1) is 11.3. The van der Waals surface area contributed by atoms with Crippen LogP contribution in [0.1, 0.15) is 32.1 Å². The van der Waals surface area contributed by atoms with Crippen LogP contribution in [0.25, 0.3) is 0 Å². The van der Waals surface area contributed by atoms with E-state index in [1.54, 1.807) is 6.20 Å². The fraction of sp³-hybridized carbons (Fsp3) is 0.647. The van der Waals surface area contributed by atoms with Crippen molar-refractivity contribution in [2.75, 3.05) is 25.5 Å². The van der Waals surface area contributed by atoms with E-state index in [9.17, 15) is 0 Å². The van der Waals surface area contributed by atoms with E-state index in [1.807, 2.05) is 25.2 Å². The molecule has 2 fully saturated rings. The second kappa shape index (κ2) is 8.15. The maximum Gasteiger partial charge on any atom is 0.191 e. The first-order valence-corrected chi connectivity index (χ1v) is 8.62. The molecule has 6 nitrogen and oxygen atoms in total. The van der Waals surface area contributed by atoms with E-state index >= 15 is 0 Å². The van der Waals surface area contributed by atoms with Crippen molar-refractivity contribution in [3.8, 4) is 0 Å². The van der Waals surface area contributed by atoms with Crippen LogP contribution in [0.4, 0.5) is 5.82 Å². The highest BCUT2D eigenvalue weighted by Crippen LogP contribution is 2.34. The van der Waals surface area contributed by atoms with Gasteiger partial charge >= 0.3 is 0 Å². The van der Waals surface area contributed by atoms with E-state index in [4.69, 9.17) is 4.74 Å². The molecule has 0 spiro atoms. The van der Waals surface area contributed by atoms with Gasteiger partial charge in [0, 0.05) is 26.3 Å². The quantitative estimate of drug-likeness (QED) is 0.406. The van der Waals surface area contributed by atoms with Gasteiger partial charge in [-0.2, -0.15) is 0 Å². The van der Waals surface area contributed by atoms with Gasteiger partial charge in [-0.3, -0.25) is 4.99 Å². The van der Waals surface area contributed by atoms with Crippen LogP contribution in [0.2, 0.25) is 0 Å². The molecule has 23 heavy (non-hydrogen) atoms. The van der Waals surface area contributed by atoms with Crippen LogP contribution in [-0.2, 0) is 4.74 Å². The van der Waals surface area contributed by atoms with Crippen molar-refractivity contribution >= 4 is 11.8 Å². The van der Waals surface area contributed by atoms with Crippen LogP contribution in [0, 0.1) is 0 Å². The first kappa shape index (κ1) is 16.1. The molecule has 0 aromatic carbocycles. The Morgan fingerprint density at radius 2 is 2.22 bits per heavy atom. The molecule has 3 atom stereocenters. The van der Waals surface area contributed by atoms with Crippen LogP contribution in [0.5, 0.6) is 0 Å². The number of unbranched alkanes of at least 4 members (excludes halogenated alkanes) is 1. The van der Waals surface area contributed by atoms with Crippen LogP contribution < -0.4 is 16.0 Å². The molecule has 3 heterocycles. The van der Waals surface area contributed by atoms with E-state index < -0.39 is 0 Å². The number of nitrogens with one attached hydrogen (secondary N) is 3. The maximum absolute atomic E-state index is 5.87. The fourth-order valence-corrected chi connectivity index (χ4v) is 3.30. The predicted octanol–water partition coefficient (Wildman–Crippen LogP) is 1.76. The van der Waals surface area contributed by atoms with Crippen LogP contribution >= 0.6 is 0 Å². The Morgan fingerprint density at radius 1 is 1.30 bits per heavy atom. The van der Waals surface area contributed by atoms with Gasteiger partial charge in [0.05, 0.1) is 18.2 Å². The SMILES string of the molecule is CN=C(NCCCCNc1ccccn1)NC1CC2CCC1O2. The molecular formula is C17H27N5O. The zero-order valence-electron chi connectivity index (χ0n) is 13.8. The molecule has 1 aromatic heterocycles. The highest BCUT2D eigenvalue weighted by molar-refractivity contribution is 5.80. The summed E-state index contributed by atoms with van der Waals surface area (Å²) in [6.07, 6.45) is 8.34. The number of rotatable bonds is 7. The first-order valence-electron chi connectivity index (χ1n) is 8.62. The van der Waals surface area contributed by atoms with Gasteiger partial charge < -0.3 is 20.7 Å². The molecule has 1 aromatic rings. The summed E-state index contributed by atoms with van der Waals surface area (Å²) in [6, 6.07) is 6.33. The van der Waals surface area contributed by atoms with Crippen molar-refractivity contribution in [1.29, 1.82) is 0 Å². The monoisotopic (exact) mass is 317 g/mol. The summed E-state index contributed by atoms with van der Waals surface area (Å²) in [4.78, 5) is 8.56. The number of aliphatic imine (C=N–C) groups is 1. The lowest BCUT2D eigenvalue weighted by molar-refractivity contribution is 0.0992. The smallest absolute Gasteiger partial charge is 0.191 e. The highest BCUT2D eigenvalue weighted by atomic mass is 16.5. The van der Waals surface area contributed by atoms with E-state index in [2.05, 4.69) is 25.9 Å². The van der Waals surface area contributed by atoms with Gasteiger partial charge in [0.25, 0.3) is 0 Å². The molecule has 3 unspecified atom stereocenters. The minimum absolute atomic E-state index is 0.376. The van der Waals surface area contributed by atoms with Crippen LogP contribution in [0.15, 0.2) is 29.4 Å². The van der Waals surface area contributed by atoms with Gasteiger partial charge in [-0.1, -0.05) is 6.07 Å². The van der Waals surface area contributed by atoms with Crippen LogP contribution in [-0.4, -0.2) is 49.3 Å². The molecule has 0 radical (unpaired) electrons. The fourth-order valence-electron chi connectivity index (χ4n) is 3.30. The molecule has 0 saturated carbocycles. The third kappa shape index (κ3) is 4.58. The summed E-state index contributed by atoms with van der Waals surface area (Å²) in [5, 5.41) is 10.2. The minimum Gasteiger partial charge on any atom is -0.373 e. The van der Waals surface area contributed by atoms with Crippen molar-refractivity contribution in [1.82, 2.24) is 15.6 Å².